The van der Waals surface area contributed by atoms with Crippen molar-refractivity contribution >= 4 is 23.8 Å². The molecule has 7 heteroatoms. The van der Waals surface area contributed by atoms with Crippen LogP contribution >= 0.6 is 11.8 Å². The Hall–Kier alpha value is -0.950. The number of hydrogen-bond donors (Lipinski definition) is 3. The molecule has 0 aromatic heterocycles. The Bertz CT molecular complexity index is 320. The normalized spacial score (nSPS) is 18.5. The molecule has 1 fully saturated rings. The van der Waals surface area contributed by atoms with Gasteiger partial charge in [0.1, 0.15) is 6.04 Å². The molecule has 0 aromatic carbocycles. The maximum absolute atomic E-state index is 11.7. The van der Waals surface area contributed by atoms with Gasteiger partial charge in [-0.3, -0.25) is 0 Å². The van der Waals surface area contributed by atoms with Gasteiger partial charge in [-0.15, -0.1) is 0 Å². The molecule has 0 spiro atoms. The van der Waals surface area contributed by atoms with Crippen molar-refractivity contribution in [3.63, 3.8) is 0 Å². The standard InChI is InChI=1S/C13H25N3O3S/c1-16-6-3-10(4-7-16)9-14-13(19)15-11(12(17)18)5-8-20-2/h10-11H,3-9H2,1-2H3,(H,17,18)(H2,14,15,19). The molecule has 0 aromatic rings. The van der Waals surface area contributed by atoms with Crippen molar-refractivity contribution in [1.29, 1.82) is 0 Å². The van der Waals surface area contributed by atoms with Crippen LogP contribution in [0.1, 0.15) is 19.3 Å². The van der Waals surface area contributed by atoms with Crippen molar-refractivity contribution < 1.29 is 14.7 Å². The largest absolute Gasteiger partial charge is 0.480 e. The summed E-state index contributed by atoms with van der Waals surface area (Å²) in [6.45, 7) is 2.73. The van der Waals surface area contributed by atoms with Crippen molar-refractivity contribution in [2.45, 2.75) is 25.3 Å². The fraction of sp³-hybridized carbons (Fsp3) is 0.846. The Morgan fingerprint density at radius 3 is 2.60 bits per heavy atom. The van der Waals surface area contributed by atoms with E-state index in [-0.39, 0.29) is 6.03 Å². The highest BCUT2D eigenvalue weighted by molar-refractivity contribution is 7.98. The molecule has 1 aliphatic rings. The molecule has 0 aliphatic carbocycles. The van der Waals surface area contributed by atoms with Gasteiger partial charge in [0.2, 0.25) is 0 Å². The van der Waals surface area contributed by atoms with Gasteiger partial charge in [0.25, 0.3) is 0 Å². The van der Waals surface area contributed by atoms with E-state index in [4.69, 9.17) is 5.11 Å². The Labute approximate surface area is 124 Å². The molecule has 6 nitrogen and oxygen atoms in total. The molecule has 0 saturated carbocycles. The minimum absolute atomic E-state index is 0.377. The second kappa shape index (κ2) is 9.07. The van der Waals surface area contributed by atoms with Gasteiger partial charge < -0.3 is 20.6 Å². The molecule has 1 atom stereocenters. The number of rotatable bonds is 7. The van der Waals surface area contributed by atoms with Crippen molar-refractivity contribution in [1.82, 2.24) is 15.5 Å². The van der Waals surface area contributed by atoms with E-state index < -0.39 is 12.0 Å². The third-order valence-corrected chi connectivity index (χ3v) is 4.25. The van der Waals surface area contributed by atoms with Crippen LogP contribution in [0.2, 0.25) is 0 Å². The number of piperidine rings is 1. The maximum Gasteiger partial charge on any atom is 0.326 e. The molecule has 0 bridgehead atoms. The fourth-order valence-electron chi connectivity index (χ4n) is 2.21. The van der Waals surface area contributed by atoms with Crippen molar-refractivity contribution in [3.05, 3.63) is 0 Å². The van der Waals surface area contributed by atoms with Crippen LogP contribution < -0.4 is 10.6 Å². The number of aliphatic carboxylic acids is 1. The number of carbonyl (C=O) groups excluding carboxylic acids is 1. The van der Waals surface area contributed by atoms with Crippen LogP contribution in [0.15, 0.2) is 0 Å². The number of carboxylic acid groups (broad SMARTS) is 1. The number of likely N-dealkylation sites (tertiary alicyclic amines) is 1. The van der Waals surface area contributed by atoms with E-state index in [9.17, 15) is 9.59 Å². The summed E-state index contributed by atoms with van der Waals surface area (Å²) in [4.78, 5) is 25.0. The second-order valence-corrected chi connectivity index (χ2v) is 6.26. The topological polar surface area (TPSA) is 81.7 Å². The molecule has 0 radical (unpaired) electrons. The lowest BCUT2D eigenvalue weighted by Gasteiger charge is -2.29. The van der Waals surface area contributed by atoms with E-state index in [2.05, 4.69) is 22.6 Å². The van der Waals surface area contributed by atoms with Gasteiger partial charge in [-0.1, -0.05) is 0 Å². The third kappa shape index (κ3) is 6.47. The van der Waals surface area contributed by atoms with E-state index in [0.717, 1.165) is 25.9 Å². The third-order valence-electron chi connectivity index (χ3n) is 3.60. The highest BCUT2D eigenvalue weighted by Crippen LogP contribution is 2.14. The smallest absolute Gasteiger partial charge is 0.326 e. The number of carbonyl (C=O) groups is 2. The Kier molecular flexibility index (Phi) is 7.76. The zero-order chi connectivity index (χ0) is 15.0. The average molecular weight is 303 g/mol. The molecule has 1 aliphatic heterocycles. The summed E-state index contributed by atoms with van der Waals surface area (Å²) < 4.78 is 0. The lowest BCUT2D eigenvalue weighted by Crippen LogP contribution is -2.48. The maximum atomic E-state index is 11.7. The summed E-state index contributed by atoms with van der Waals surface area (Å²) in [5, 5.41) is 14.4. The molecule has 1 saturated heterocycles. The van der Waals surface area contributed by atoms with Crippen molar-refractivity contribution in [3.8, 4) is 0 Å². The van der Waals surface area contributed by atoms with Gasteiger partial charge in [0.05, 0.1) is 0 Å². The van der Waals surface area contributed by atoms with Gasteiger partial charge in [-0.05, 0) is 57.3 Å². The summed E-state index contributed by atoms with van der Waals surface area (Å²) in [5.74, 6) is 0.228. The molecule has 1 unspecified atom stereocenters. The van der Waals surface area contributed by atoms with Gasteiger partial charge in [-0.25, -0.2) is 9.59 Å². The number of nitrogens with zero attached hydrogens (tertiary/aromatic N) is 1. The summed E-state index contributed by atoms with van der Waals surface area (Å²) >= 11 is 1.57. The lowest BCUT2D eigenvalue weighted by atomic mass is 9.97. The van der Waals surface area contributed by atoms with Crippen LogP contribution in [0, 0.1) is 5.92 Å². The number of nitrogens with one attached hydrogen (secondary N) is 2. The van der Waals surface area contributed by atoms with E-state index in [1.807, 2.05) is 6.26 Å². The van der Waals surface area contributed by atoms with Crippen LogP contribution in [-0.2, 0) is 4.79 Å². The minimum atomic E-state index is -0.978. The average Bonchev–Trinajstić information content (AvgIpc) is 2.42. The first-order chi connectivity index (χ1) is 9.52. The zero-order valence-electron chi connectivity index (χ0n) is 12.2. The monoisotopic (exact) mass is 303 g/mol. The molecule has 1 rings (SSSR count). The van der Waals surface area contributed by atoms with Gasteiger partial charge in [0, 0.05) is 6.54 Å². The first kappa shape index (κ1) is 17.1. The summed E-state index contributed by atoms with van der Waals surface area (Å²) in [5.41, 5.74) is 0. The van der Waals surface area contributed by atoms with Gasteiger partial charge in [-0.2, -0.15) is 11.8 Å². The molecule has 20 heavy (non-hydrogen) atoms. The molecule has 3 N–H and O–H groups in total. The fourth-order valence-corrected chi connectivity index (χ4v) is 2.68. The van der Waals surface area contributed by atoms with Crippen LogP contribution in [0.3, 0.4) is 0 Å². The summed E-state index contributed by atoms with van der Waals surface area (Å²) in [6.07, 6.45) is 4.51. The lowest BCUT2D eigenvalue weighted by molar-refractivity contribution is -0.139. The molecule has 1 heterocycles. The number of hydrogen-bond acceptors (Lipinski definition) is 4. The highest BCUT2D eigenvalue weighted by atomic mass is 32.2. The minimum Gasteiger partial charge on any atom is -0.480 e. The highest BCUT2D eigenvalue weighted by Gasteiger charge is 2.21. The van der Waals surface area contributed by atoms with Crippen LogP contribution in [-0.4, -0.2) is 66.7 Å². The summed E-state index contributed by atoms with van der Waals surface area (Å²) in [6, 6.07) is -1.18. The predicted molar refractivity (Wildman–Crippen MR) is 81.2 cm³/mol. The predicted octanol–water partition coefficient (Wildman–Crippen LogP) is 0.834. The van der Waals surface area contributed by atoms with E-state index in [0.29, 0.717) is 24.6 Å². The van der Waals surface area contributed by atoms with Crippen LogP contribution in [0.25, 0.3) is 0 Å². The Balaban J connectivity index is 2.25. The Morgan fingerprint density at radius 1 is 1.40 bits per heavy atom. The quantitative estimate of drug-likeness (QED) is 0.649. The van der Waals surface area contributed by atoms with Crippen molar-refractivity contribution in [2.24, 2.45) is 5.92 Å². The first-order valence-electron chi connectivity index (χ1n) is 6.97. The Morgan fingerprint density at radius 2 is 2.05 bits per heavy atom. The van der Waals surface area contributed by atoms with Crippen LogP contribution in [0.5, 0.6) is 0 Å². The number of amides is 2. The van der Waals surface area contributed by atoms with Crippen LogP contribution in [0.4, 0.5) is 4.79 Å². The number of urea groups is 1. The molecular weight excluding hydrogens is 278 g/mol. The second-order valence-electron chi connectivity index (χ2n) is 5.27. The SMILES string of the molecule is CSCCC(NC(=O)NCC1CCN(C)CC1)C(=O)O. The summed E-state index contributed by atoms with van der Waals surface area (Å²) in [7, 11) is 2.10. The molecule has 116 valence electrons. The number of thioether (sulfide) groups is 1. The van der Waals surface area contributed by atoms with Crippen molar-refractivity contribution in [2.75, 3.05) is 38.7 Å². The molecule has 2 amide bonds. The van der Waals surface area contributed by atoms with E-state index in [1.54, 1.807) is 11.8 Å². The van der Waals surface area contributed by atoms with Gasteiger partial charge in [0.15, 0.2) is 0 Å². The number of carboxylic acids is 1. The zero-order valence-corrected chi connectivity index (χ0v) is 13.0. The van der Waals surface area contributed by atoms with E-state index >= 15 is 0 Å². The molecular formula is C13H25N3O3S. The van der Waals surface area contributed by atoms with E-state index in [1.165, 1.54) is 0 Å². The first-order valence-corrected chi connectivity index (χ1v) is 8.37. The van der Waals surface area contributed by atoms with Gasteiger partial charge >= 0.3 is 12.0 Å².